The van der Waals surface area contributed by atoms with Gasteiger partial charge in [0.15, 0.2) is 0 Å². The highest BCUT2D eigenvalue weighted by atomic mass is 16.5. The van der Waals surface area contributed by atoms with Gasteiger partial charge in [-0.15, -0.1) is 0 Å². The maximum atomic E-state index is 12.7. The molecule has 0 radical (unpaired) electrons. The summed E-state index contributed by atoms with van der Waals surface area (Å²) >= 11 is 0. The first-order chi connectivity index (χ1) is 11.5. The van der Waals surface area contributed by atoms with E-state index in [1.165, 1.54) is 0 Å². The standard InChI is InChI=1S/C19H24N2O3/c1-6-21(3)16-10-8-7-9-15(16)20-19(22)14-11-17(23-4)13(2)18(12-14)24-5/h7-12H,6H2,1-5H3,(H,20,22). The van der Waals surface area contributed by atoms with E-state index in [1.54, 1.807) is 26.4 Å². The summed E-state index contributed by atoms with van der Waals surface area (Å²) in [6, 6.07) is 11.2. The van der Waals surface area contributed by atoms with E-state index in [-0.39, 0.29) is 5.91 Å². The molecule has 5 nitrogen and oxygen atoms in total. The molecule has 0 aliphatic carbocycles. The molecule has 0 aliphatic heterocycles. The lowest BCUT2D eigenvalue weighted by Gasteiger charge is -2.21. The molecular formula is C19H24N2O3. The van der Waals surface area contributed by atoms with Crippen molar-refractivity contribution in [3.05, 3.63) is 47.5 Å². The first-order valence-corrected chi connectivity index (χ1v) is 7.86. The number of para-hydroxylation sites is 2. The topological polar surface area (TPSA) is 50.8 Å². The molecule has 0 saturated heterocycles. The van der Waals surface area contributed by atoms with Gasteiger partial charge in [0.25, 0.3) is 5.91 Å². The molecule has 0 saturated carbocycles. The van der Waals surface area contributed by atoms with Crippen molar-refractivity contribution >= 4 is 17.3 Å². The van der Waals surface area contributed by atoms with Crippen LogP contribution in [0.4, 0.5) is 11.4 Å². The summed E-state index contributed by atoms with van der Waals surface area (Å²) in [5, 5.41) is 2.97. The van der Waals surface area contributed by atoms with Gasteiger partial charge in [0.2, 0.25) is 0 Å². The number of hydrogen-bond acceptors (Lipinski definition) is 4. The summed E-state index contributed by atoms with van der Waals surface area (Å²) in [6.45, 7) is 4.80. The van der Waals surface area contributed by atoms with Crippen LogP contribution in [0.1, 0.15) is 22.8 Å². The summed E-state index contributed by atoms with van der Waals surface area (Å²) < 4.78 is 10.7. The Kier molecular flexibility index (Phi) is 5.68. The quantitative estimate of drug-likeness (QED) is 0.878. The SMILES string of the molecule is CCN(C)c1ccccc1NC(=O)c1cc(OC)c(C)c(OC)c1. The van der Waals surface area contributed by atoms with Crippen LogP contribution < -0.4 is 19.7 Å². The Bertz CT molecular complexity index is 703. The van der Waals surface area contributed by atoms with E-state index in [4.69, 9.17) is 9.47 Å². The van der Waals surface area contributed by atoms with E-state index in [9.17, 15) is 4.79 Å². The zero-order valence-corrected chi connectivity index (χ0v) is 14.8. The lowest BCUT2D eigenvalue weighted by molar-refractivity contribution is 0.102. The molecule has 2 rings (SSSR count). The zero-order chi connectivity index (χ0) is 17.7. The summed E-state index contributed by atoms with van der Waals surface area (Å²) in [5.41, 5.74) is 3.09. The van der Waals surface area contributed by atoms with Crippen molar-refractivity contribution in [2.24, 2.45) is 0 Å². The van der Waals surface area contributed by atoms with Crippen LogP contribution in [-0.4, -0.2) is 33.7 Å². The minimum atomic E-state index is -0.205. The van der Waals surface area contributed by atoms with Crippen LogP contribution in [0, 0.1) is 6.92 Å². The fraction of sp³-hybridized carbons (Fsp3) is 0.316. The number of nitrogens with zero attached hydrogens (tertiary/aromatic N) is 1. The number of carbonyl (C=O) groups excluding carboxylic acids is 1. The Balaban J connectivity index is 2.34. The number of carbonyl (C=O) groups is 1. The highest BCUT2D eigenvalue weighted by Gasteiger charge is 2.15. The molecule has 1 amide bonds. The third-order valence-corrected chi connectivity index (χ3v) is 4.05. The van der Waals surface area contributed by atoms with Gasteiger partial charge in [0, 0.05) is 24.7 Å². The number of benzene rings is 2. The van der Waals surface area contributed by atoms with Crippen LogP contribution in [0.3, 0.4) is 0 Å². The molecule has 0 heterocycles. The van der Waals surface area contributed by atoms with Gasteiger partial charge < -0.3 is 19.7 Å². The van der Waals surface area contributed by atoms with Crippen LogP contribution in [0.25, 0.3) is 0 Å². The molecule has 0 bridgehead atoms. The van der Waals surface area contributed by atoms with Crippen LogP contribution in [0.15, 0.2) is 36.4 Å². The Labute approximate surface area is 143 Å². The normalized spacial score (nSPS) is 10.2. The van der Waals surface area contributed by atoms with Gasteiger partial charge in [0.1, 0.15) is 11.5 Å². The first kappa shape index (κ1) is 17.7. The third-order valence-electron chi connectivity index (χ3n) is 4.05. The minimum Gasteiger partial charge on any atom is -0.496 e. The van der Waals surface area contributed by atoms with Gasteiger partial charge in [-0.2, -0.15) is 0 Å². The maximum Gasteiger partial charge on any atom is 0.255 e. The Morgan fingerprint density at radius 2 is 1.71 bits per heavy atom. The fourth-order valence-corrected chi connectivity index (χ4v) is 2.49. The number of nitrogens with one attached hydrogen (secondary N) is 1. The van der Waals surface area contributed by atoms with Gasteiger partial charge in [-0.1, -0.05) is 12.1 Å². The van der Waals surface area contributed by atoms with E-state index in [1.807, 2.05) is 38.2 Å². The highest BCUT2D eigenvalue weighted by molar-refractivity contribution is 6.06. The van der Waals surface area contributed by atoms with Gasteiger partial charge in [-0.05, 0) is 38.1 Å². The second-order valence-electron chi connectivity index (χ2n) is 5.49. The molecule has 0 unspecified atom stereocenters. The Morgan fingerprint density at radius 3 is 2.25 bits per heavy atom. The van der Waals surface area contributed by atoms with E-state index in [2.05, 4.69) is 17.1 Å². The van der Waals surface area contributed by atoms with Crippen LogP contribution >= 0.6 is 0 Å². The maximum absolute atomic E-state index is 12.7. The van der Waals surface area contributed by atoms with Gasteiger partial charge >= 0.3 is 0 Å². The first-order valence-electron chi connectivity index (χ1n) is 7.86. The van der Waals surface area contributed by atoms with E-state index < -0.39 is 0 Å². The predicted molar refractivity (Wildman–Crippen MR) is 97.6 cm³/mol. The molecule has 2 aromatic rings. The number of anilines is 2. The van der Waals surface area contributed by atoms with Gasteiger partial charge in [-0.3, -0.25) is 4.79 Å². The average Bonchev–Trinajstić information content (AvgIpc) is 2.61. The minimum absolute atomic E-state index is 0.205. The Morgan fingerprint density at radius 1 is 1.12 bits per heavy atom. The number of amides is 1. The molecule has 5 heteroatoms. The summed E-state index contributed by atoms with van der Waals surface area (Å²) in [4.78, 5) is 14.8. The summed E-state index contributed by atoms with van der Waals surface area (Å²) in [6.07, 6.45) is 0. The molecule has 128 valence electrons. The van der Waals surface area contributed by atoms with Crippen molar-refractivity contribution in [2.45, 2.75) is 13.8 Å². The third kappa shape index (κ3) is 3.62. The largest absolute Gasteiger partial charge is 0.496 e. The number of methoxy groups -OCH3 is 2. The monoisotopic (exact) mass is 328 g/mol. The number of rotatable bonds is 6. The van der Waals surface area contributed by atoms with E-state index in [0.29, 0.717) is 17.1 Å². The van der Waals surface area contributed by atoms with E-state index in [0.717, 1.165) is 23.5 Å². The van der Waals surface area contributed by atoms with Crippen molar-refractivity contribution in [3.8, 4) is 11.5 Å². The Hall–Kier alpha value is -2.69. The number of ether oxygens (including phenoxy) is 2. The lowest BCUT2D eigenvalue weighted by Crippen LogP contribution is -2.20. The summed E-state index contributed by atoms with van der Waals surface area (Å²) in [5.74, 6) is 1.04. The second-order valence-corrected chi connectivity index (χ2v) is 5.49. The molecule has 2 aromatic carbocycles. The van der Waals surface area contributed by atoms with Crippen LogP contribution in [-0.2, 0) is 0 Å². The average molecular weight is 328 g/mol. The van der Waals surface area contributed by atoms with Gasteiger partial charge in [0.05, 0.1) is 25.6 Å². The summed E-state index contributed by atoms with van der Waals surface area (Å²) in [7, 11) is 5.15. The molecule has 0 fully saturated rings. The van der Waals surface area contributed by atoms with Crippen molar-refractivity contribution in [1.82, 2.24) is 0 Å². The molecular weight excluding hydrogens is 304 g/mol. The smallest absolute Gasteiger partial charge is 0.255 e. The fourth-order valence-electron chi connectivity index (χ4n) is 2.49. The number of hydrogen-bond donors (Lipinski definition) is 1. The van der Waals surface area contributed by atoms with Crippen molar-refractivity contribution in [3.63, 3.8) is 0 Å². The molecule has 24 heavy (non-hydrogen) atoms. The van der Waals surface area contributed by atoms with Gasteiger partial charge in [-0.25, -0.2) is 0 Å². The van der Waals surface area contributed by atoms with Crippen molar-refractivity contribution in [1.29, 1.82) is 0 Å². The van der Waals surface area contributed by atoms with Crippen molar-refractivity contribution < 1.29 is 14.3 Å². The molecule has 0 aromatic heterocycles. The molecule has 1 N–H and O–H groups in total. The highest BCUT2D eigenvalue weighted by Crippen LogP contribution is 2.30. The molecule has 0 atom stereocenters. The van der Waals surface area contributed by atoms with Crippen LogP contribution in [0.2, 0.25) is 0 Å². The zero-order valence-electron chi connectivity index (χ0n) is 14.8. The molecule has 0 spiro atoms. The van der Waals surface area contributed by atoms with E-state index >= 15 is 0 Å². The van der Waals surface area contributed by atoms with Crippen molar-refractivity contribution in [2.75, 3.05) is 38.0 Å². The van der Waals surface area contributed by atoms with Crippen LogP contribution in [0.5, 0.6) is 11.5 Å². The molecule has 0 aliphatic rings. The predicted octanol–water partition coefficient (Wildman–Crippen LogP) is 3.72. The lowest BCUT2D eigenvalue weighted by atomic mass is 10.1. The second kappa shape index (κ2) is 7.73.